The lowest BCUT2D eigenvalue weighted by Gasteiger charge is -2.11. The molecule has 2 rings (SSSR count). The van der Waals surface area contributed by atoms with Gasteiger partial charge in [-0.05, 0) is 30.9 Å². The van der Waals surface area contributed by atoms with E-state index in [0.29, 0.717) is 6.07 Å². The van der Waals surface area contributed by atoms with Gasteiger partial charge in [0.2, 0.25) is 10.0 Å². The predicted octanol–water partition coefficient (Wildman–Crippen LogP) is 1.01. The fraction of sp³-hybridized carbons (Fsp3) is 0.455. The minimum atomic E-state index is -4.00. The molecule has 1 aliphatic carbocycles. The van der Waals surface area contributed by atoms with E-state index in [-0.39, 0.29) is 12.5 Å². The van der Waals surface area contributed by atoms with E-state index in [4.69, 9.17) is 0 Å². The third-order valence-electron chi connectivity index (χ3n) is 2.80. The van der Waals surface area contributed by atoms with Gasteiger partial charge in [-0.25, -0.2) is 21.9 Å². The lowest BCUT2D eigenvalue weighted by Crippen LogP contribution is -2.33. The molecule has 0 amide bonds. The van der Waals surface area contributed by atoms with Crippen molar-refractivity contribution in [1.82, 2.24) is 4.72 Å². The van der Waals surface area contributed by atoms with Crippen LogP contribution in [0.4, 0.5) is 8.78 Å². The largest absolute Gasteiger partial charge is 0.391 e. The van der Waals surface area contributed by atoms with Crippen molar-refractivity contribution in [2.75, 3.05) is 6.54 Å². The van der Waals surface area contributed by atoms with Gasteiger partial charge >= 0.3 is 0 Å². The van der Waals surface area contributed by atoms with Crippen molar-refractivity contribution in [3.8, 4) is 0 Å². The number of nitrogens with one attached hydrogen (secondary N) is 1. The first kappa shape index (κ1) is 13.4. The molecule has 0 spiro atoms. The molecule has 0 radical (unpaired) electrons. The number of halogens is 2. The topological polar surface area (TPSA) is 66.4 Å². The van der Waals surface area contributed by atoms with Crippen LogP contribution >= 0.6 is 0 Å². The average molecular weight is 277 g/mol. The highest BCUT2D eigenvalue weighted by molar-refractivity contribution is 7.89. The second-order valence-corrected chi connectivity index (χ2v) is 6.13. The summed E-state index contributed by atoms with van der Waals surface area (Å²) < 4.78 is 51.4. The van der Waals surface area contributed by atoms with Crippen molar-refractivity contribution in [2.24, 2.45) is 5.92 Å². The van der Waals surface area contributed by atoms with E-state index in [2.05, 4.69) is 4.72 Å². The van der Waals surface area contributed by atoms with Crippen LogP contribution in [0.5, 0.6) is 0 Å². The first-order chi connectivity index (χ1) is 8.38. The first-order valence-corrected chi connectivity index (χ1v) is 7.00. The van der Waals surface area contributed by atoms with Gasteiger partial charge in [0.05, 0.1) is 11.0 Å². The number of aliphatic hydroxyl groups excluding tert-OH is 1. The third kappa shape index (κ3) is 3.24. The zero-order chi connectivity index (χ0) is 13.3. The lowest BCUT2D eigenvalue weighted by atomic mass is 10.2. The fourth-order valence-electron chi connectivity index (χ4n) is 1.61. The molecular weight excluding hydrogens is 264 g/mol. The van der Waals surface area contributed by atoms with E-state index in [1.165, 1.54) is 0 Å². The SMILES string of the molecule is O=S(=O)(NCC(O)C1CC1)c1cc(F)cc(F)c1. The minimum Gasteiger partial charge on any atom is -0.391 e. The molecule has 1 aliphatic rings. The monoisotopic (exact) mass is 277 g/mol. The summed E-state index contributed by atoms with van der Waals surface area (Å²) >= 11 is 0. The van der Waals surface area contributed by atoms with E-state index >= 15 is 0 Å². The molecule has 0 aromatic heterocycles. The fourth-order valence-corrected chi connectivity index (χ4v) is 2.70. The first-order valence-electron chi connectivity index (χ1n) is 5.52. The Bertz CT molecular complexity index is 523. The van der Waals surface area contributed by atoms with E-state index in [9.17, 15) is 22.3 Å². The highest BCUT2D eigenvalue weighted by Crippen LogP contribution is 2.32. The van der Waals surface area contributed by atoms with Gasteiger partial charge in [-0.15, -0.1) is 0 Å². The quantitative estimate of drug-likeness (QED) is 0.844. The van der Waals surface area contributed by atoms with Crippen molar-refractivity contribution < 1.29 is 22.3 Å². The van der Waals surface area contributed by atoms with Gasteiger partial charge in [0, 0.05) is 12.6 Å². The maximum atomic E-state index is 12.9. The Balaban J connectivity index is 2.09. The van der Waals surface area contributed by atoms with Gasteiger partial charge in [-0.2, -0.15) is 0 Å². The number of hydrogen-bond donors (Lipinski definition) is 2. The lowest BCUT2D eigenvalue weighted by molar-refractivity contribution is 0.155. The summed E-state index contributed by atoms with van der Waals surface area (Å²) in [7, 11) is -4.00. The molecule has 0 aliphatic heterocycles. The Hall–Kier alpha value is -1.05. The van der Waals surface area contributed by atoms with Crippen molar-refractivity contribution in [3.05, 3.63) is 29.8 Å². The zero-order valence-corrected chi connectivity index (χ0v) is 10.3. The van der Waals surface area contributed by atoms with Crippen LogP contribution in [0.3, 0.4) is 0 Å². The van der Waals surface area contributed by atoms with E-state index in [0.717, 1.165) is 25.0 Å². The van der Waals surface area contributed by atoms with Crippen molar-refractivity contribution in [3.63, 3.8) is 0 Å². The molecule has 18 heavy (non-hydrogen) atoms. The molecule has 0 bridgehead atoms. The molecule has 2 N–H and O–H groups in total. The summed E-state index contributed by atoms with van der Waals surface area (Å²) in [5.41, 5.74) is 0. The Morgan fingerprint density at radius 1 is 1.28 bits per heavy atom. The van der Waals surface area contributed by atoms with Crippen LogP contribution in [0, 0.1) is 17.6 Å². The van der Waals surface area contributed by atoms with Crippen molar-refractivity contribution in [1.29, 1.82) is 0 Å². The van der Waals surface area contributed by atoms with Gasteiger partial charge in [0.1, 0.15) is 11.6 Å². The van der Waals surface area contributed by atoms with Crippen LogP contribution in [0.15, 0.2) is 23.1 Å². The Morgan fingerprint density at radius 2 is 1.83 bits per heavy atom. The van der Waals surface area contributed by atoms with Crippen LogP contribution in [0.1, 0.15) is 12.8 Å². The Morgan fingerprint density at radius 3 is 2.33 bits per heavy atom. The summed E-state index contributed by atoms with van der Waals surface area (Å²) in [6, 6.07) is 2.06. The van der Waals surface area contributed by atoms with Crippen molar-refractivity contribution in [2.45, 2.75) is 23.8 Å². The van der Waals surface area contributed by atoms with Gasteiger partial charge in [0.25, 0.3) is 0 Å². The maximum Gasteiger partial charge on any atom is 0.240 e. The highest BCUT2D eigenvalue weighted by Gasteiger charge is 2.30. The van der Waals surface area contributed by atoms with Gasteiger partial charge in [0.15, 0.2) is 0 Å². The third-order valence-corrected chi connectivity index (χ3v) is 4.20. The van der Waals surface area contributed by atoms with Crippen LogP contribution in [-0.4, -0.2) is 26.2 Å². The minimum absolute atomic E-state index is 0.122. The molecule has 1 atom stereocenters. The standard InChI is InChI=1S/C11H13F2NO3S/c12-8-3-9(13)5-10(4-8)18(16,17)14-6-11(15)7-1-2-7/h3-5,7,11,14-15H,1-2,6H2. The van der Waals surface area contributed by atoms with Gasteiger partial charge < -0.3 is 5.11 Å². The Labute approximate surface area is 104 Å². The van der Waals surface area contributed by atoms with Crippen LogP contribution in [0.25, 0.3) is 0 Å². The Kier molecular flexibility index (Phi) is 3.65. The molecule has 1 saturated carbocycles. The molecule has 0 heterocycles. The molecule has 4 nitrogen and oxygen atoms in total. The molecule has 1 aromatic rings. The van der Waals surface area contributed by atoms with Crippen LogP contribution < -0.4 is 4.72 Å². The van der Waals surface area contributed by atoms with Crippen molar-refractivity contribution >= 4 is 10.0 Å². The number of aliphatic hydroxyl groups is 1. The maximum absolute atomic E-state index is 12.9. The number of rotatable bonds is 5. The predicted molar refractivity (Wildman–Crippen MR) is 60.3 cm³/mol. The average Bonchev–Trinajstić information content (AvgIpc) is 3.08. The van der Waals surface area contributed by atoms with Crippen LogP contribution in [-0.2, 0) is 10.0 Å². The van der Waals surface area contributed by atoms with Gasteiger partial charge in [-0.3, -0.25) is 0 Å². The normalized spacial score (nSPS) is 17.7. The summed E-state index contributed by atoms with van der Waals surface area (Å²) in [5.74, 6) is -1.80. The smallest absolute Gasteiger partial charge is 0.240 e. The second-order valence-electron chi connectivity index (χ2n) is 4.36. The summed E-state index contributed by atoms with van der Waals surface area (Å²) in [6.45, 7) is -0.148. The summed E-state index contributed by atoms with van der Waals surface area (Å²) in [5, 5.41) is 9.53. The zero-order valence-electron chi connectivity index (χ0n) is 9.44. The molecular formula is C11H13F2NO3S. The van der Waals surface area contributed by atoms with E-state index in [1.54, 1.807) is 0 Å². The summed E-state index contributed by atoms with van der Waals surface area (Å²) in [4.78, 5) is -0.483. The summed E-state index contributed by atoms with van der Waals surface area (Å²) in [6.07, 6.45) is 0.993. The number of hydrogen-bond acceptors (Lipinski definition) is 3. The highest BCUT2D eigenvalue weighted by atomic mass is 32.2. The molecule has 1 unspecified atom stereocenters. The molecule has 0 saturated heterocycles. The van der Waals surface area contributed by atoms with Gasteiger partial charge in [-0.1, -0.05) is 0 Å². The van der Waals surface area contributed by atoms with E-state index in [1.807, 2.05) is 0 Å². The number of sulfonamides is 1. The molecule has 1 fully saturated rings. The molecule has 100 valence electrons. The molecule has 7 heteroatoms. The molecule has 1 aromatic carbocycles. The second kappa shape index (κ2) is 4.91. The van der Waals surface area contributed by atoms with E-state index < -0.39 is 32.7 Å². The van der Waals surface area contributed by atoms with Crippen LogP contribution in [0.2, 0.25) is 0 Å². The number of benzene rings is 1.